The number of thiophene rings is 1. The molecule has 0 amide bonds. The second-order valence-electron chi connectivity index (χ2n) is 4.91. The highest BCUT2D eigenvalue weighted by molar-refractivity contribution is 7.18. The van der Waals surface area contributed by atoms with Crippen LogP contribution in [0.5, 0.6) is 0 Å². The Balaban J connectivity index is 2.29. The molecule has 1 atom stereocenters. The fourth-order valence-corrected chi connectivity index (χ4v) is 2.96. The van der Waals surface area contributed by atoms with Crippen LogP contribution in [0.1, 0.15) is 38.0 Å². The van der Waals surface area contributed by atoms with Gasteiger partial charge in [-0.25, -0.2) is 4.98 Å². The topological polar surface area (TPSA) is 49.8 Å². The molecule has 4 nitrogen and oxygen atoms in total. The minimum atomic E-state index is 0.433. The summed E-state index contributed by atoms with van der Waals surface area (Å²) in [6.45, 7) is 6.54. The molecule has 0 radical (unpaired) electrons. The maximum absolute atomic E-state index is 4.55. The summed E-state index contributed by atoms with van der Waals surface area (Å²) in [7, 11) is 1.85. The highest BCUT2D eigenvalue weighted by Crippen LogP contribution is 2.30. The third kappa shape index (κ3) is 3.35. The third-order valence-corrected chi connectivity index (χ3v) is 4.06. The van der Waals surface area contributed by atoms with Gasteiger partial charge >= 0.3 is 0 Å². The molecule has 0 aliphatic rings. The molecule has 2 N–H and O–H groups in total. The highest BCUT2D eigenvalue weighted by Gasteiger charge is 2.11. The Hall–Kier alpha value is -1.36. The molecular formula is C14H22N4S. The first-order valence-electron chi connectivity index (χ1n) is 6.86. The molecule has 0 aliphatic carbocycles. The molecule has 5 heteroatoms. The van der Waals surface area contributed by atoms with Gasteiger partial charge in [-0.05, 0) is 26.3 Å². The van der Waals surface area contributed by atoms with E-state index in [2.05, 4.69) is 47.4 Å². The van der Waals surface area contributed by atoms with Gasteiger partial charge in [0.15, 0.2) is 0 Å². The lowest BCUT2D eigenvalue weighted by atomic mass is 10.1. The van der Waals surface area contributed by atoms with Crippen molar-refractivity contribution in [3.8, 4) is 0 Å². The van der Waals surface area contributed by atoms with E-state index in [0.29, 0.717) is 12.0 Å². The van der Waals surface area contributed by atoms with Gasteiger partial charge in [0.05, 0.1) is 5.39 Å². The molecule has 1 unspecified atom stereocenters. The van der Waals surface area contributed by atoms with Crippen molar-refractivity contribution in [1.82, 2.24) is 9.97 Å². The van der Waals surface area contributed by atoms with E-state index < -0.39 is 0 Å². The van der Waals surface area contributed by atoms with Crippen LogP contribution in [0.2, 0.25) is 0 Å². The van der Waals surface area contributed by atoms with E-state index in [1.165, 1.54) is 24.1 Å². The normalized spacial score (nSPS) is 12.6. The predicted molar refractivity (Wildman–Crippen MR) is 84.3 cm³/mol. The van der Waals surface area contributed by atoms with Crippen molar-refractivity contribution in [2.45, 2.75) is 46.1 Å². The molecule has 0 saturated carbocycles. The molecule has 0 aromatic carbocycles. The van der Waals surface area contributed by atoms with Crippen LogP contribution in [0.4, 0.5) is 11.8 Å². The number of fused-ring (bicyclic) bond motifs is 1. The highest BCUT2D eigenvalue weighted by atomic mass is 32.1. The van der Waals surface area contributed by atoms with Crippen molar-refractivity contribution in [1.29, 1.82) is 0 Å². The zero-order valence-corrected chi connectivity index (χ0v) is 12.9. The van der Waals surface area contributed by atoms with Crippen LogP contribution < -0.4 is 10.6 Å². The lowest BCUT2D eigenvalue weighted by molar-refractivity contribution is 0.644. The molecule has 0 aliphatic heterocycles. The first-order chi connectivity index (χ1) is 9.13. The Morgan fingerprint density at radius 1 is 1.37 bits per heavy atom. The molecule has 104 valence electrons. The number of nitrogens with one attached hydrogen (secondary N) is 2. The summed E-state index contributed by atoms with van der Waals surface area (Å²) in [5.74, 6) is 1.63. The Morgan fingerprint density at radius 3 is 2.84 bits per heavy atom. The number of anilines is 2. The Kier molecular flexibility index (Phi) is 4.58. The zero-order valence-electron chi connectivity index (χ0n) is 12.1. The Bertz CT molecular complexity index is 550. The number of hydrogen-bond acceptors (Lipinski definition) is 5. The van der Waals surface area contributed by atoms with Crippen molar-refractivity contribution >= 4 is 33.3 Å². The molecule has 2 rings (SSSR count). The second kappa shape index (κ2) is 6.19. The van der Waals surface area contributed by atoms with Gasteiger partial charge in [-0.2, -0.15) is 4.98 Å². The van der Waals surface area contributed by atoms with Gasteiger partial charge in [0.1, 0.15) is 10.6 Å². The van der Waals surface area contributed by atoms with Gasteiger partial charge in [0, 0.05) is 18.0 Å². The largest absolute Gasteiger partial charge is 0.367 e. The third-order valence-electron chi connectivity index (χ3n) is 3.11. The summed E-state index contributed by atoms with van der Waals surface area (Å²) in [4.78, 5) is 11.4. The van der Waals surface area contributed by atoms with Crippen LogP contribution in [0.3, 0.4) is 0 Å². The number of hydrogen-bond donors (Lipinski definition) is 2. The Morgan fingerprint density at radius 2 is 2.16 bits per heavy atom. The van der Waals surface area contributed by atoms with Crippen molar-refractivity contribution in [3.63, 3.8) is 0 Å². The molecule has 0 spiro atoms. The van der Waals surface area contributed by atoms with E-state index in [-0.39, 0.29) is 0 Å². The molecule has 19 heavy (non-hydrogen) atoms. The smallest absolute Gasteiger partial charge is 0.225 e. The summed E-state index contributed by atoms with van der Waals surface area (Å²) in [5, 5.41) is 7.68. The predicted octanol–water partition coefficient (Wildman–Crippen LogP) is 4.03. The van der Waals surface area contributed by atoms with E-state index in [0.717, 1.165) is 16.0 Å². The number of aromatic nitrogens is 2. The monoisotopic (exact) mass is 278 g/mol. The summed E-state index contributed by atoms with van der Waals surface area (Å²) in [5.41, 5.74) is 0. The van der Waals surface area contributed by atoms with Gasteiger partial charge in [0.25, 0.3) is 0 Å². The first kappa shape index (κ1) is 14.1. The second-order valence-corrected chi connectivity index (χ2v) is 6.14. The van der Waals surface area contributed by atoms with E-state index >= 15 is 0 Å². The lowest BCUT2D eigenvalue weighted by Crippen LogP contribution is -2.16. The molecule has 2 heterocycles. The number of aryl methyl sites for hydroxylation is 1. The van der Waals surface area contributed by atoms with Crippen LogP contribution in [0, 0.1) is 6.92 Å². The standard InChI is InChI=1S/C14H22N4S/c1-5-6-7-9(2)16-12-11-8-10(3)19-13(11)18-14(15-4)17-12/h8-9H,5-7H2,1-4H3,(H2,15,16,17,18). The van der Waals surface area contributed by atoms with Crippen LogP contribution >= 0.6 is 11.3 Å². The van der Waals surface area contributed by atoms with Crippen LogP contribution in [-0.2, 0) is 0 Å². The Labute approximate surface area is 118 Å². The first-order valence-corrected chi connectivity index (χ1v) is 7.68. The molecular weight excluding hydrogens is 256 g/mol. The zero-order chi connectivity index (χ0) is 13.8. The number of rotatable bonds is 6. The van der Waals surface area contributed by atoms with E-state index in [9.17, 15) is 0 Å². The average molecular weight is 278 g/mol. The fourth-order valence-electron chi connectivity index (χ4n) is 2.08. The van der Waals surface area contributed by atoms with Gasteiger partial charge in [0.2, 0.25) is 5.95 Å². The summed E-state index contributed by atoms with van der Waals surface area (Å²) in [6.07, 6.45) is 3.63. The van der Waals surface area contributed by atoms with E-state index in [1.54, 1.807) is 11.3 Å². The van der Waals surface area contributed by atoms with Crippen molar-refractivity contribution in [2.24, 2.45) is 0 Å². The van der Waals surface area contributed by atoms with E-state index in [1.807, 2.05) is 7.05 Å². The van der Waals surface area contributed by atoms with Gasteiger partial charge in [-0.3, -0.25) is 0 Å². The van der Waals surface area contributed by atoms with Crippen molar-refractivity contribution in [2.75, 3.05) is 17.7 Å². The lowest BCUT2D eigenvalue weighted by Gasteiger charge is -2.15. The quantitative estimate of drug-likeness (QED) is 0.837. The number of nitrogens with zero attached hydrogens (tertiary/aromatic N) is 2. The van der Waals surface area contributed by atoms with Crippen molar-refractivity contribution in [3.05, 3.63) is 10.9 Å². The molecule has 0 bridgehead atoms. The van der Waals surface area contributed by atoms with Crippen LogP contribution in [0.15, 0.2) is 6.07 Å². The average Bonchev–Trinajstić information content (AvgIpc) is 2.76. The molecule has 2 aromatic heterocycles. The van der Waals surface area contributed by atoms with Crippen molar-refractivity contribution < 1.29 is 0 Å². The van der Waals surface area contributed by atoms with E-state index in [4.69, 9.17) is 0 Å². The molecule has 0 fully saturated rings. The van der Waals surface area contributed by atoms with Gasteiger partial charge < -0.3 is 10.6 Å². The number of unbranched alkanes of at least 4 members (excludes halogenated alkanes) is 1. The van der Waals surface area contributed by atoms with Gasteiger partial charge in [-0.15, -0.1) is 11.3 Å². The molecule has 2 aromatic rings. The van der Waals surface area contributed by atoms with Gasteiger partial charge in [-0.1, -0.05) is 19.8 Å². The summed E-state index contributed by atoms with van der Waals surface area (Å²) < 4.78 is 0. The fraction of sp³-hybridized carbons (Fsp3) is 0.571. The minimum Gasteiger partial charge on any atom is -0.367 e. The summed E-state index contributed by atoms with van der Waals surface area (Å²) >= 11 is 1.71. The SMILES string of the molecule is CCCCC(C)Nc1nc(NC)nc2sc(C)cc12. The maximum atomic E-state index is 4.55. The maximum Gasteiger partial charge on any atom is 0.225 e. The van der Waals surface area contributed by atoms with Crippen LogP contribution in [0.25, 0.3) is 10.2 Å². The molecule has 0 saturated heterocycles. The minimum absolute atomic E-state index is 0.433. The summed E-state index contributed by atoms with van der Waals surface area (Å²) in [6, 6.07) is 2.59. The van der Waals surface area contributed by atoms with Crippen LogP contribution in [-0.4, -0.2) is 23.1 Å².